The molecule has 2 aromatic rings. The summed E-state index contributed by atoms with van der Waals surface area (Å²) in [5.41, 5.74) is 0.611. The minimum atomic E-state index is -4.42. The van der Waals surface area contributed by atoms with Crippen LogP contribution in [0.2, 0.25) is 0 Å². The Balaban J connectivity index is 1.20. The summed E-state index contributed by atoms with van der Waals surface area (Å²) in [4.78, 5) is 18.8. The average molecular weight is 571 g/mol. The third-order valence-electron chi connectivity index (χ3n) is 7.77. The second-order valence-corrected chi connectivity index (χ2v) is 12.5. The number of hydrogen-bond donors (Lipinski definition) is 1. The molecule has 1 spiro atoms. The first-order valence-corrected chi connectivity index (χ1v) is 14.9. The number of morpholine rings is 1. The predicted molar refractivity (Wildman–Crippen MR) is 139 cm³/mol. The van der Waals surface area contributed by atoms with Crippen LogP contribution in [0.4, 0.5) is 29.5 Å². The van der Waals surface area contributed by atoms with Crippen molar-refractivity contribution in [3.8, 4) is 0 Å². The fourth-order valence-electron chi connectivity index (χ4n) is 5.75. The van der Waals surface area contributed by atoms with Crippen molar-refractivity contribution >= 4 is 27.6 Å². The van der Waals surface area contributed by atoms with Crippen molar-refractivity contribution in [1.82, 2.24) is 19.6 Å². The van der Waals surface area contributed by atoms with E-state index in [1.165, 1.54) is 24.4 Å². The Hall–Kier alpha value is -2.84. The van der Waals surface area contributed by atoms with E-state index in [-0.39, 0.29) is 17.3 Å². The number of nitrogens with zero attached hydrogens (tertiary/aromatic N) is 5. The molecular formula is C25H33F3N6O4S. The summed E-state index contributed by atoms with van der Waals surface area (Å²) < 4.78 is 72.6. The molecule has 3 aliphatic heterocycles. The van der Waals surface area contributed by atoms with Gasteiger partial charge < -0.3 is 14.5 Å². The zero-order chi connectivity index (χ0) is 27.8. The molecule has 214 valence electrons. The van der Waals surface area contributed by atoms with Crippen LogP contribution in [0.1, 0.15) is 30.4 Å². The maximum atomic E-state index is 13.7. The van der Waals surface area contributed by atoms with E-state index in [0.29, 0.717) is 57.2 Å². The number of carbonyl (C=O) groups excluding carboxylic acids is 1. The van der Waals surface area contributed by atoms with E-state index in [2.05, 4.69) is 14.7 Å². The molecule has 4 heterocycles. The number of hydrogen-bond acceptors (Lipinski definition) is 7. The lowest BCUT2D eigenvalue weighted by molar-refractivity contribution is -0.137. The number of sulfonamides is 1. The number of aromatic nitrogens is 2. The molecule has 0 atom stereocenters. The van der Waals surface area contributed by atoms with Gasteiger partial charge in [-0.1, -0.05) is 0 Å². The Labute approximate surface area is 225 Å². The van der Waals surface area contributed by atoms with E-state index in [0.717, 1.165) is 43.3 Å². The third-order valence-corrected chi connectivity index (χ3v) is 8.35. The normalized spacial score (nSPS) is 20.5. The van der Waals surface area contributed by atoms with E-state index in [4.69, 9.17) is 4.74 Å². The Morgan fingerprint density at radius 1 is 1.08 bits per heavy atom. The van der Waals surface area contributed by atoms with Gasteiger partial charge in [0.05, 0.1) is 25.0 Å². The van der Waals surface area contributed by atoms with Crippen molar-refractivity contribution in [1.29, 1.82) is 0 Å². The number of carbonyl (C=O) groups is 1. The maximum Gasteiger partial charge on any atom is 0.416 e. The van der Waals surface area contributed by atoms with Crippen molar-refractivity contribution in [2.45, 2.75) is 32.0 Å². The summed E-state index contributed by atoms with van der Waals surface area (Å²) >= 11 is 0. The zero-order valence-electron chi connectivity index (χ0n) is 21.8. The van der Waals surface area contributed by atoms with Gasteiger partial charge in [-0.3, -0.25) is 9.62 Å². The number of anilines is 2. The molecule has 0 unspecified atom stereocenters. The fourth-order valence-corrected chi connectivity index (χ4v) is 6.24. The second-order valence-electron chi connectivity index (χ2n) is 10.7. The highest BCUT2D eigenvalue weighted by Gasteiger charge is 2.42. The number of rotatable bonds is 5. The summed E-state index contributed by atoms with van der Waals surface area (Å²) in [6.45, 7) is 5.19. The van der Waals surface area contributed by atoms with Crippen LogP contribution in [0.15, 0.2) is 30.5 Å². The quantitative estimate of drug-likeness (QED) is 0.590. The second kappa shape index (κ2) is 10.6. The molecule has 14 heteroatoms. The van der Waals surface area contributed by atoms with E-state index >= 15 is 0 Å². The van der Waals surface area contributed by atoms with Crippen LogP contribution in [-0.4, -0.2) is 92.8 Å². The van der Waals surface area contributed by atoms with Gasteiger partial charge in [-0.2, -0.15) is 17.9 Å². The number of benzene rings is 1. The number of likely N-dealkylation sites (tertiary alicyclic amines) is 2. The average Bonchev–Trinajstić information content (AvgIpc) is 3.50. The SMILES string of the molecule is CS(=O)(=O)Nc1ccn(C(=O)N2CCC3(CCN(Cc4cc(N5CCOCC5)cc(C(F)(F)F)c4)C3)CC2)n1. The standard InChI is InChI=1S/C25H33F3N6O4S/c1-39(36,37)30-22-2-6-34(29-22)23(35)33-8-4-24(5-9-33)3-7-31(18-24)17-19-14-20(25(26,27)28)16-21(15-19)32-10-12-38-13-11-32/h2,6,14-16H,3-5,7-13,17-18H2,1H3,(H,29,30). The minimum absolute atomic E-state index is 0.0125. The first kappa shape index (κ1) is 27.7. The Bertz CT molecular complexity index is 1300. The Morgan fingerprint density at radius 2 is 1.77 bits per heavy atom. The van der Waals surface area contributed by atoms with Crippen LogP contribution in [0.25, 0.3) is 0 Å². The molecule has 1 aromatic heterocycles. The van der Waals surface area contributed by atoms with Crippen molar-refractivity contribution in [3.05, 3.63) is 41.6 Å². The van der Waals surface area contributed by atoms with Crippen LogP contribution in [0.3, 0.4) is 0 Å². The van der Waals surface area contributed by atoms with Gasteiger partial charge in [-0.05, 0) is 55.0 Å². The summed E-state index contributed by atoms with van der Waals surface area (Å²) in [5, 5.41) is 4.02. The lowest BCUT2D eigenvalue weighted by atomic mass is 9.78. The molecule has 1 N–H and O–H groups in total. The van der Waals surface area contributed by atoms with Crippen LogP contribution in [0, 0.1) is 5.41 Å². The van der Waals surface area contributed by atoms with Gasteiger partial charge in [0.1, 0.15) is 0 Å². The lowest BCUT2D eigenvalue weighted by Crippen LogP contribution is -2.45. The first-order valence-electron chi connectivity index (χ1n) is 13.0. The van der Waals surface area contributed by atoms with Crippen molar-refractivity contribution in [2.24, 2.45) is 5.41 Å². The molecule has 3 fully saturated rings. The van der Waals surface area contributed by atoms with Crippen molar-refractivity contribution in [2.75, 3.05) is 68.4 Å². The molecule has 10 nitrogen and oxygen atoms in total. The molecule has 1 aromatic carbocycles. The Kier molecular flexibility index (Phi) is 7.55. The number of amides is 1. The monoisotopic (exact) mass is 570 g/mol. The van der Waals surface area contributed by atoms with Crippen LogP contribution >= 0.6 is 0 Å². The zero-order valence-corrected chi connectivity index (χ0v) is 22.6. The first-order chi connectivity index (χ1) is 18.4. The summed E-state index contributed by atoms with van der Waals surface area (Å²) in [6.07, 6.45) is 0.517. The Morgan fingerprint density at radius 3 is 2.44 bits per heavy atom. The minimum Gasteiger partial charge on any atom is -0.378 e. The summed E-state index contributed by atoms with van der Waals surface area (Å²) in [7, 11) is -3.49. The van der Waals surface area contributed by atoms with Gasteiger partial charge in [-0.15, -0.1) is 5.10 Å². The molecule has 3 saturated heterocycles. The smallest absolute Gasteiger partial charge is 0.378 e. The molecular weight excluding hydrogens is 537 g/mol. The summed E-state index contributed by atoms with van der Waals surface area (Å²) in [6, 6.07) is 5.46. The van der Waals surface area contributed by atoms with E-state index in [9.17, 15) is 26.4 Å². The number of nitrogens with one attached hydrogen (secondary N) is 1. The predicted octanol–water partition coefficient (Wildman–Crippen LogP) is 3.07. The summed E-state index contributed by atoms with van der Waals surface area (Å²) in [5.74, 6) is 0.0807. The van der Waals surface area contributed by atoms with Gasteiger partial charge >= 0.3 is 12.2 Å². The highest BCUT2D eigenvalue weighted by atomic mass is 32.2. The highest BCUT2D eigenvalue weighted by molar-refractivity contribution is 7.92. The molecule has 3 aliphatic rings. The topological polar surface area (TPSA) is 100 Å². The van der Waals surface area contributed by atoms with Gasteiger partial charge in [0, 0.05) is 57.2 Å². The van der Waals surface area contributed by atoms with Crippen LogP contribution < -0.4 is 9.62 Å². The molecule has 0 radical (unpaired) electrons. The van der Waals surface area contributed by atoms with Gasteiger partial charge in [0.2, 0.25) is 10.0 Å². The molecule has 0 bridgehead atoms. The van der Waals surface area contributed by atoms with Gasteiger partial charge in [-0.25, -0.2) is 13.2 Å². The van der Waals surface area contributed by atoms with E-state index in [1.807, 2.05) is 11.0 Å². The van der Waals surface area contributed by atoms with E-state index < -0.39 is 21.8 Å². The lowest BCUT2D eigenvalue weighted by Gasteiger charge is -2.39. The molecule has 0 aliphatic carbocycles. The van der Waals surface area contributed by atoms with E-state index in [1.54, 1.807) is 4.90 Å². The van der Waals surface area contributed by atoms with Crippen molar-refractivity contribution < 1.29 is 31.1 Å². The number of halogens is 3. The fraction of sp³-hybridized carbons (Fsp3) is 0.600. The van der Waals surface area contributed by atoms with Gasteiger partial charge in [0.15, 0.2) is 5.82 Å². The number of alkyl halides is 3. The maximum absolute atomic E-state index is 13.7. The third kappa shape index (κ3) is 6.67. The largest absolute Gasteiger partial charge is 0.416 e. The molecule has 5 rings (SSSR count). The van der Waals surface area contributed by atoms with Crippen LogP contribution in [-0.2, 0) is 27.5 Å². The molecule has 39 heavy (non-hydrogen) atoms. The number of piperidine rings is 1. The number of ether oxygens (including phenoxy) is 1. The molecule has 1 amide bonds. The van der Waals surface area contributed by atoms with Crippen molar-refractivity contribution in [3.63, 3.8) is 0 Å². The van der Waals surface area contributed by atoms with Crippen LogP contribution in [0.5, 0.6) is 0 Å². The van der Waals surface area contributed by atoms with Gasteiger partial charge in [0.25, 0.3) is 0 Å². The molecule has 0 saturated carbocycles. The highest BCUT2D eigenvalue weighted by Crippen LogP contribution is 2.41.